The number of nitrogens with zero attached hydrogens (tertiary/aromatic N) is 1. The lowest BCUT2D eigenvalue weighted by molar-refractivity contribution is 0.0953. The molecule has 154 valence electrons. The van der Waals surface area contributed by atoms with Gasteiger partial charge in [-0.05, 0) is 60.4 Å². The number of benzene rings is 2. The van der Waals surface area contributed by atoms with E-state index < -0.39 is 0 Å². The number of amides is 1. The maximum Gasteiger partial charge on any atom is 0.265 e. The van der Waals surface area contributed by atoms with Gasteiger partial charge in [0.05, 0.1) is 5.69 Å². The highest BCUT2D eigenvalue weighted by atomic mass is 16.5. The Morgan fingerprint density at radius 2 is 1.60 bits per heavy atom. The minimum absolute atomic E-state index is 0.0323. The number of carbonyl (C=O) groups excluding carboxylic acids is 1. The van der Waals surface area contributed by atoms with E-state index in [1.807, 2.05) is 42.5 Å². The van der Waals surface area contributed by atoms with E-state index in [1.54, 1.807) is 6.20 Å². The van der Waals surface area contributed by atoms with Gasteiger partial charge in [0.15, 0.2) is 0 Å². The van der Waals surface area contributed by atoms with Crippen LogP contribution in [0, 0.1) is 0 Å². The average Bonchev–Trinajstić information content (AvgIpc) is 2.84. The third kappa shape index (κ3) is 4.21. The summed E-state index contributed by atoms with van der Waals surface area (Å²) < 4.78 is 5.91. The van der Waals surface area contributed by atoms with Gasteiger partial charge in [0.25, 0.3) is 5.91 Å². The summed E-state index contributed by atoms with van der Waals surface area (Å²) in [4.78, 5) is 16.1. The molecule has 5 nitrogen and oxygen atoms in total. The number of ether oxygens (including phenoxy) is 1. The van der Waals surface area contributed by atoms with Crippen molar-refractivity contribution in [2.75, 3.05) is 0 Å². The Labute approximate surface area is 177 Å². The fourth-order valence-corrected chi connectivity index (χ4v) is 4.43. The zero-order valence-electron chi connectivity index (χ0n) is 17.0. The van der Waals surface area contributed by atoms with Crippen molar-refractivity contribution >= 4 is 5.91 Å². The Bertz CT molecular complexity index is 964. The van der Waals surface area contributed by atoms with Gasteiger partial charge in [-0.3, -0.25) is 15.2 Å². The van der Waals surface area contributed by atoms with Gasteiger partial charge >= 0.3 is 0 Å². The second kappa shape index (κ2) is 9.09. The lowest BCUT2D eigenvalue weighted by Crippen LogP contribution is -2.31. The predicted molar refractivity (Wildman–Crippen MR) is 117 cm³/mol. The molecule has 30 heavy (non-hydrogen) atoms. The summed E-state index contributed by atoms with van der Waals surface area (Å²) in [5, 5.41) is 0. The van der Waals surface area contributed by atoms with Crippen LogP contribution in [0.25, 0.3) is 0 Å². The molecule has 0 atom stereocenters. The molecule has 1 heterocycles. The summed E-state index contributed by atoms with van der Waals surface area (Å²) in [7, 11) is 0. The topological polar surface area (TPSA) is 77.2 Å². The largest absolute Gasteiger partial charge is 0.487 e. The monoisotopic (exact) mass is 401 g/mol. The molecule has 1 saturated carbocycles. The zero-order valence-corrected chi connectivity index (χ0v) is 17.0. The molecule has 1 aliphatic rings. The van der Waals surface area contributed by atoms with E-state index in [9.17, 15) is 4.79 Å². The number of hydrazine groups is 1. The van der Waals surface area contributed by atoms with Gasteiger partial charge in [-0.15, -0.1) is 0 Å². The van der Waals surface area contributed by atoms with Crippen molar-refractivity contribution in [3.63, 3.8) is 0 Å². The van der Waals surface area contributed by atoms with Crippen LogP contribution in [0.15, 0.2) is 72.9 Å². The quantitative estimate of drug-likeness (QED) is 0.362. The predicted octanol–water partition coefficient (Wildman–Crippen LogP) is 4.51. The molecule has 0 unspecified atom stereocenters. The molecule has 3 N–H and O–H groups in total. The standard InChI is InChI=1S/C25H27N3O2/c26-28-24(29)19-7-9-20(10-8-19)25(15-3-1-4-16-25)21-11-13-23(14-12-21)30-18-22-6-2-5-17-27-22/h2,5-14,17H,1,3-4,15-16,18,26H2,(H,28,29). The summed E-state index contributed by atoms with van der Waals surface area (Å²) in [5.41, 5.74) is 6.19. The summed E-state index contributed by atoms with van der Waals surface area (Å²) in [6, 6.07) is 22.1. The van der Waals surface area contributed by atoms with Crippen LogP contribution in [-0.2, 0) is 12.0 Å². The van der Waals surface area contributed by atoms with Crippen LogP contribution in [0.3, 0.4) is 0 Å². The third-order valence-electron chi connectivity index (χ3n) is 6.06. The van der Waals surface area contributed by atoms with Crippen molar-refractivity contribution in [1.29, 1.82) is 0 Å². The Morgan fingerprint density at radius 1 is 0.933 bits per heavy atom. The fourth-order valence-electron chi connectivity index (χ4n) is 4.43. The van der Waals surface area contributed by atoms with Crippen LogP contribution in [0.4, 0.5) is 0 Å². The number of aromatic nitrogens is 1. The van der Waals surface area contributed by atoms with Crippen LogP contribution in [0.1, 0.15) is 59.3 Å². The van der Waals surface area contributed by atoms with Crippen LogP contribution in [-0.4, -0.2) is 10.9 Å². The Kier molecular flexibility index (Phi) is 6.10. The summed E-state index contributed by atoms with van der Waals surface area (Å²) in [6.07, 6.45) is 7.64. The molecule has 4 rings (SSSR count). The van der Waals surface area contributed by atoms with Gasteiger partial charge in [-0.1, -0.05) is 49.6 Å². The summed E-state index contributed by atoms with van der Waals surface area (Å²) in [6.45, 7) is 0.454. The minimum atomic E-state index is -0.270. The van der Waals surface area contributed by atoms with Crippen molar-refractivity contribution in [3.8, 4) is 5.75 Å². The first kappa shape index (κ1) is 20.1. The lowest BCUT2D eigenvalue weighted by atomic mass is 9.65. The van der Waals surface area contributed by atoms with Crippen LogP contribution in [0.5, 0.6) is 5.75 Å². The molecular formula is C25H27N3O2. The Morgan fingerprint density at radius 3 is 2.20 bits per heavy atom. The summed E-state index contributed by atoms with van der Waals surface area (Å²) in [5.74, 6) is 5.83. The molecule has 1 aromatic heterocycles. The van der Waals surface area contributed by atoms with Gasteiger partial charge in [0, 0.05) is 17.2 Å². The normalized spacial score (nSPS) is 15.4. The molecule has 2 aromatic carbocycles. The van der Waals surface area contributed by atoms with E-state index in [0.29, 0.717) is 12.2 Å². The number of nitrogen functional groups attached to an aromatic ring is 1. The smallest absolute Gasteiger partial charge is 0.265 e. The maximum atomic E-state index is 11.8. The molecule has 0 bridgehead atoms. The second-order valence-electron chi connectivity index (χ2n) is 7.83. The molecule has 1 aliphatic carbocycles. The molecule has 1 fully saturated rings. The lowest BCUT2D eigenvalue weighted by Gasteiger charge is -2.38. The summed E-state index contributed by atoms with van der Waals surface area (Å²) >= 11 is 0. The van der Waals surface area contributed by atoms with E-state index >= 15 is 0 Å². The SMILES string of the molecule is NNC(=O)c1ccc(C2(c3ccc(OCc4ccccn4)cc3)CCCCC2)cc1. The molecule has 0 spiro atoms. The highest BCUT2D eigenvalue weighted by Crippen LogP contribution is 2.45. The van der Waals surface area contributed by atoms with Crippen LogP contribution >= 0.6 is 0 Å². The van der Waals surface area contributed by atoms with Crippen molar-refractivity contribution in [2.45, 2.75) is 44.1 Å². The van der Waals surface area contributed by atoms with E-state index in [1.165, 1.54) is 30.4 Å². The van der Waals surface area contributed by atoms with E-state index in [2.05, 4.69) is 34.7 Å². The molecule has 1 amide bonds. The van der Waals surface area contributed by atoms with Crippen molar-refractivity contribution in [2.24, 2.45) is 5.84 Å². The first-order valence-electron chi connectivity index (χ1n) is 10.5. The number of hydrogen-bond donors (Lipinski definition) is 2. The molecule has 0 radical (unpaired) electrons. The molecule has 0 aliphatic heterocycles. The van der Waals surface area contributed by atoms with Gasteiger partial charge in [-0.2, -0.15) is 0 Å². The Balaban J connectivity index is 1.56. The molecular weight excluding hydrogens is 374 g/mol. The third-order valence-corrected chi connectivity index (χ3v) is 6.06. The van der Waals surface area contributed by atoms with Crippen molar-refractivity contribution < 1.29 is 9.53 Å². The van der Waals surface area contributed by atoms with E-state index in [4.69, 9.17) is 10.6 Å². The van der Waals surface area contributed by atoms with Crippen LogP contribution in [0.2, 0.25) is 0 Å². The van der Waals surface area contributed by atoms with Gasteiger partial charge in [-0.25, -0.2) is 5.84 Å². The van der Waals surface area contributed by atoms with Crippen LogP contribution < -0.4 is 16.0 Å². The average molecular weight is 402 g/mol. The highest BCUT2D eigenvalue weighted by Gasteiger charge is 2.35. The first-order valence-corrected chi connectivity index (χ1v) is 10.5. The van der Waals surface area contributed by atoms with Gasteiger partial charge < -0.3 is 4.74 Å². The molecule has 3 aromatic rings. The molecule has 0 saturated heterocycles. The number of rotatable bonds is 6. The number of nitrogens with one attached hydrogen (secondary N) is 1. The van der Waals surface area contributed by atoms with Crippen molar-refractivity contribution in [3.05, 3.63) is 95.3 Å². The number of carbonyl (C=O) groups is 1. The van der Waals surface area contributed by atoms with E-state index in [0.717, 1.165) is 24.3 Å². The first-order chi connectivity index (χ1) is 14.7. The number of hydrogen-bond acceptors (Lipinski definition) is 4. The van der Waals surface area contributed by atoms with Gasteiger partial charge in [0.1, 0.15) is 12.4 Å². The van der Waals surface area contributed by atoms with E-state index in [-0.39, 0.29) is 11.3 Å². The number of nitrogens with two attached hydrogens (primary N) is 1. The second-order valence-corrected chi connectivity index (χ2v) is 7.83. The number of pyridine rings is 1. The van der Waals surface area contributed by atoms with Crippen molar-refractivity contribution in [1.82, 2.24) is 10.4 Å². The molecule has 5 heteroatoms. The highest BCUT2D eigenvalue weighted by molar-refractivity contribution is 5.93. The Hall–Kier alpha value is -3.18. The van der Waals surface area contributed by atoms with Gasteiger partial charge in [0.2, 0.25) is 0 Å². The fraction of sp³-hybridized carbons (Fsp3) is 0.280. The zero-order chi connectivity index (χ0) is 20.8. The maximum absolute atomic E-state index is 11.8. The minimum Gasteiger partial charge on any atom is -0.487 e.